The van der Waals surface area contributed by atoms with Crippen LogP contribution in [0.3, 0.4) is 0 Å². The Morgan fingerprint density at radius 3 is 3.09 bits per heavy atom. The van der Waals surface area contributed by atoms with Gasteiger partial charge in [0, 0.05) is 19.7 Å². The molecule has 126 valence electrons. The van der Waals surface area contributed by atoms with Gasteiger partial charge in [0.05, 0.1) is 23.7 Å². The molecule has 1 aromatic carbocycles. The zero-order chi connectivity index (χ0) is 16.1. The molecule has 1 fully saturated rings. The number of benzene rings is 1. The molecule has 1 aliphatic heterocycles. The van der Waals surface area contributed by atoms with Crippen molar-refractivity contribution >= 4 is 17.0 Å². The molecular weight excluding hydrogens is 294 g/mol. The number of rotatable bonds is 7. The molecule has 2 atom stereocenters. The molecule has 2 heterocycles. The summed E-state index contributed by atoms with van der Waals surface area (Å²) >= 11 is 0. The molecule has 6 nitrogen and oxygen atoms in total. The summed E-state index contributed by atoms with van der Waals surface area (Å²) in [5.41, 5.74) is 2.00. The van der Waals surface area contributed by atoms with Crippen LogP contribution in [0, 0.1) is 0 Å². The predicted octanol–water partition coefficient (Wildman–Crippen LogP) is 2.37. The number of aliphatic hydroxyl groups excluding tert-OH is 1. The maximum absolute atomic E-state index is 9.48. The molecule has 0 bridgehead atoms. The summed E-state index contributed by atoms with van der Waals surface area (Å²) < 4.78 is 13.5. The van der Waals surface area contributed by atoms with Gasteiger partial charge in [-0.25, -0.2) is 4.98 Å². The lowest BCUT2D eigenvalue weighted by molar-refractivity contribution is -0.163. The molecule has 1 aliphatic rings. The lowest BCUT2D eigenvalue weighted by Gasteiger charge is -2.23. The van der Waals surface area contributed by atoms with Gasteiger partial charge in [0.2, 0.25) is 5.95 Å². The van der Waals surface area contributed by atoms with Gasteiger partial charge in [0.25, 0.3) is 0 Å². The Bertz CT molecular complexity index is 621. The maximum atomic E-state index is 9.48. The average molecular weight is 319 g/mol. The first-order valence-corrected chi connectivity index (χ1v) is 8.34. The van der Waals surface area contributed by atoms with Gasteiger partial charge in [-0.3, -0.25) is 0 Å². The van der Waals surface area contributed by atoms with Crippen molar-refractivity contribution in [2.45, 2.75) is 45.1 Å². The monoisotopic (exact) mass is 319 g/mol. The lowest BCUT2D eigenvalue weighted by atomic mass is 10.2. The van der Waals surface area contributed by atoms with Crippen LogP contribution >= 0.6 is 0 Å². The van der Waals surface area contributed by atoms with Crippen LogP contribution in [0.15, 0.2) is 24.3 Å². The first kappa shape index (κ1) is 16.2. The van der Waals surface area contributed by atoms with Gasteiger partial charge in [0.15, 0.2) is 6.29 Å². The highest BCUT2D eigenvalue weighted by Gasteiger charge is 2.15. The predicted molar refractivity (Wildman–Crippen MR) is 89.4 cm³/mol. The minimum absolute atomic E-state index is 0.0765. The molecule has 0 amide bonds. The molecule has 1 saturated heterocycles. The van der Waals surface area contributed by atoms with Crippen molar-refractivity contribution in [1.82, 2.24) is 9.55 Å². The molecule has 0 unspecified atom stereocenters. The van der Waals surface area contributed by atoms with Crippen LogP contribution in [0.1, 0.15) is 26.2 Å². The number of nitrogens with one attached hydrogen (secondary N) is 1. The van der Waals surface area contributed by atoms with Crippen LogP contribution in [0.25, 0.3) is 11.0 Å². The quantitative estimate of drug-likeness (QED) is 0.820. The normalized spacial score (nSPS) is 19.8. The van der Waals surface area contributed by atoms with Crippen molar-refractivity contribution in [2.75, 3.05) is 25.1 Å². The zero-order valence-corrected chi connectivity index (χ0v) is 13.6. The van der Waals surface area contributed by atoms with Crippen molar-refractivity contribution in [3.05, 3.63) is 24.3 Å². The largest absolute Gasteiger partial charge is 0.392 e. The van der Waals surface area contributed by atoms with Gasteiger partial charge in [-0.2, -0.15) is 0 Å². The molecule has 0 spiro atoms. The smallest absolute Gasteiger partial charge is 0.204 e. The number of hydrogen-bond acceptors (Lipinski definition) is 5. The van der Waals surface area contributed by atoms with Crippen molar-refractivity contribution in [2.24, 2.45) is 0 Å². The summed E-state index contributed by atoms with van der Waals surface area (Å²) in [6.07, 6.45) is 2.76. The molecule has 0 radical (unpaired) electrons. The summed E-state index contributed by atoms with van der Waals surface area (Å²) in [7, 11) is 0. The Hall–Kier alpha value is -1.63. The van der Waals surface area contributed by atoms with Crippen LogP contribution in [-0.2, 0) is 16.0 Å². The molecule has 3 rings (SSSR count). The second kappa shape index (κ2) is 7.77. The Balaban J connectivity index is 1.67. The third-order valence-electron chi connectivity index (χ3n) is 3.97. The van der Waals surface area contributed by atoms with E-state index in [0.29, 0.717) is 19.7 Å². The first-order valence-electron chi connectivity index (χ1n) is 8.34. The minimum Gasteiger partial charge on any atom is -0.392 e. The highest BCUT2D eigenvalue weighted by Crippen LogP contribution is 2.20. The highest BCUT2D eigenvalue weighted by atomic mass is 16.7. The number of anilines is 1. The van der Waals surface area contributed by atoms with E-state index in [1.165, 1.54) is 6.42 Å². The van der Waals surface area contributed by atoms with E-state index in [1.807, 2.05) is 24.3 Å². The van der Waals surface area contributed by atoms with Gasteiger partial charge >= 0.3 is 0 Å². The standard InChI is InChI=1S/C17H25N3O3/c1-13(21)12-18-17-19-14-6-2-3-7-15(14)20(17)9-11-23-16-8-4-5-10-22-16/h2-3,6-7,13,16,21H,4-5,8-12H2,1H3,(H,18,19)/t13-,16-/m0/s1. The number of fused-ring (bicyclic) bond motifs is 1. The number of aliphatic hydroxyl groups is 1. The minimum atomic E-state index is -0.421. The van der Waals surface area contributed by atoms with E-state index in [9.17, 15) is 5.11 Å². The van der Waals surface area contributed by atoms with Crippen LogP contribution in [0.2, 0.25) is 0 Å². The van der Waals surface area contributed by atoms with Gasteiger partial charge in [-0.15, -0.1) is 0 Å². The van der Waals surface area contributed by atoms with E-state index in [4.69, 9.17) is 9.47 Å². The fourth-order valence-electron chi connectivity index (χ4n) is 2.79. The summed E-state index contributed by atoms with van der Waals surface area (Å²) in [6.45, 7) is 4.29. The average Bonchev–Trinajstić information content (AvgIpc) is 2.92. The molecule has 6 heteroatoms. The van der Waals surface area contributed by atoms with Crippen LogP contribution in [0.4, 0.5) is 5.95 Å². The molecule has 2 aromatic rings. The van der Waals surface area contributed by atoms with E-state index in [-0.39, 0.29) is 6.29 Å². The molecule has 0 aliphatic carbocycles. The number of imidazole rings is 1. The summed E-state index contributed by atoms with van der Waals surface area (Å²) in [4.78, 5) is 4.60. The molecular formula is C17H25N3O3. The number of nitrogens with zero attached hydrogens (tertiary/aromatic N) is 2. The zero-order valence-electron chi connectivity index (χ0n) is 13.6. The van der Waals surface area contributed by atoms with E-state index in [1.54, 1.807) is 6.92 Å². The van der Waals surface area contributed by atoms with E-state index in [2.05, 4.69) is 14.9 Å². The molecule has 2 N–H and O–H groups in total. The van der Waals surface area contributed by atoms with E-state index >= 15 is 0 Å². The Kier molecular flexibility index (Phi) is 5.48. The Morgan fingerprint density at radius 1 is 1.43 bits per heavy atom. The summed E-state index contributed by atoms with van der Waals surface area (Å²) in [6, 6.07) is 8.02. The Labute approximate surface area is 136 Å². The second-order valence-electron chi connectivity index (χ2n) is 5.97. The van der Waals surface area contributed by atoms with Crippen molar-refractivity contribution < 1.29 is 14.6 Å². The van der Waals surface area contributed by atoms with Gasteiger partial charge in [-0.05, 0) is 38.3 Å². The lowest BCUT2D eigenvalue weighted by Crippen LogP contribution is -2.24. The fraction of sp³-hybridized carbons (Fsp3) is 0.588. The maximum Gasteiger partial charge on any atom is 0.204 e. The van der Waals surface area contributed by atoms with Crippen LogP contribution < -0.4 is 5.32 Å². The first-order chi connectivity index (χ1) is 11.2. The van der Waals surface area contributed by atoms with E-state index in [0.717, 1.165) is 36.4 Å². The Morgan fingerprint density at radius 2 is 2.30 bits per heavy atom. The highest BCUT2D eigenvalue weighted by molar-refractivity contribution is 5.78. The third-order valence-corrected chi connectivity index (χ3v) is 3.97. The van der Waals surface area contributed by atoms with Gasteiger partial charge < -0.3 is 24.5 Å². The molecule has 23 heavy (non-hydrogen) atoms. The third kappa shape index (κ3) is 4.22. The molecule has 0 saturated carbocycles. The van der Waals surface area contributed by atoms with Crippen molar-refractivity contribution in [1.29, 1.82) is 0 Å². The van der Waals surface area contributed by atoms with Gasteiger partial charge in [0.1, 0.15) is 0 Å². The SMILES string of the molecule is C[C@H](O)CNc1nc2ccccc2n1CCO[C@H]1CCCCO1. The topological polar surface area (TPSA) is 68.5 Å². The van der Waals surface area contributed by atoms with Gasteiger partial charge in [-0.1, -0.05) is 12.1 Å². The second-order valence-corrected chi connectivity index (χ2v) is 5.97. The number of ether oxygens (including phenoxy) is 2. The van der Waals surface area contributed by atoms with Crippen molar-refractivity contribution in [3.8, 4) is 0 Å². The summed E-state index contributed by atoms with van der Waals surface area (Å²) in [5, 5.41) is 12.7. The number of hydrogen-bond donors (Lipinski definition) is 2. The van der Waals surface area contributed by atoms with Crippen molar-refractivity contribution in [3.63, 3.8) is 0 Å². The van der Waals surface area contributed by atoms with E-state index < -0.39 is 6.10 Å². The number of para-hydroxylation sites is 2. The van der Waals surface area contributed by atoms with Crippen LogP contribution in [-0.4, -0.2) is 46.8 Å². The summed E-state index contributed by atoms with van der Waals surface area (Å²) in [5.74, 6) is 0.764. The van der Waals surface area contributed by atoms with Crippen LogP contribution in [0.5, 0.6) is 0 Å². The fourth-order valence-corrected chi connectivity index (χ4v) is 2.79. The molecule has 1 aromatic heterocycles. The number of aromatic nitrogens is 2.